The van der Waals surface area contributed by atoms with E-state index in [2.05, 4.69) is 15.3 Å². The molecular weight excluding hydrogens is 322 g/mol. The molecule has 0 spiro atoms. The number of halogens is 1. The van der Waals surface area contributed by atoms with E-state index in [9.17, 15) is 9.59 Å². The summed E-state index contributed by atoms with van der Waals surface area (Å²) in [5.41, 5.74) is 2.33. The summed E-state index contributed by atoms with van der Waals surface area (Å²) < 4.78 is 0. The largest absolute Gasteiger partial charge is 0.346 e. The third-order valence-electron chi connectivity index (χ3n) is 3.39. The fraction of sp³-hybridized carbons (Fsp3) is 0.267. The molecule has 0 bridgehead atoms. The van der Waals surface area contributed by atoms with Crippen LogP contribution in [-0.4, -0.2) is 21.6 Å². The van der Waals surface area contributed by atoms with Crippen LogP contribution in [0.15, 0.2) is 34.1 Å². The second-order valence-corrected chi connectivity index (χ2v) is 6.41. The number of hydrogen-bond donors (Lipinski definition) is 2. The van der Waals surface area contributed by atoms with Gasteiger partial charge in [0.15, 0.2) is 0 Å². The molecule has 5 nitrogen and oxygen atoms in total. The molecule has 114 valence electrons. The number of thioether (sulfide) groups is 1. The van der Waals surface area contributed by atoms with Gasteiger partial charge in [-0.2, -0.15) is 4.98 Å². The first-order valence-corrected chi connectivity index (χ1v) is 8.28. The monoisotopic (exact) mass is 335 g/mol. The first kappa shape index (κ1) is 15.1. The Morgan fingerprint density at radius 1 is 1.41 bits per heavy atom. The van der Waals surface area contributed by atoms with Crippen molar-refractivity contribution >= 4 is 35.0 Å². The molecule has 0 saturated heterocycles. The van der Waals surface area contributed by atoms with Crippen LogP contribution in [0.25, 0.3) is 0 Å². The molecule has 1 heterocycles. The summed E-state index contributed by atoms with van der Waals surface area (Å²) in [7, 11) is 0. The Hall–Kier alpha value is -1.79. The molecule has 0 fully saturated rings. The number of amides is 1. The van der Waals surface area contributed by atoms with Crippen molar-refractivity contribution in [3.63, 3.8) is 0 Å². The van der Waals surface area contributed by atoms with Crippen molar-refractivity contribution in [3.05, 3.63) is 51.0 Å². The summed E-state index contributed by atoms with van der Waals surface area (Å²) in [5.74, 6) is 0.0520. The average Bonchev–Trinajstić information content (AvgIpc) is 2.93. The van der Waals surface area contributed by atoms with Gasteiger partial charge in [0.2, 0.25) is 5.91 Å². The van der Waals surface area contributed by atoms with E-state index in [4.69, 9.17) is 11.6 Å². The molecule has 2 N–H and O–H groups in total. The molecule has 1 aromatic carbocycles. The molecule has 7 heteroatoms. The van der Waals surface area contributed by atoms with Crippen molar-refractivity contribution in [3.8, 4) is 0 Å². The highest BCUT2D eigenvalue weighted by molar-refractivity contribution is 8.00. The lowest BCUT2D eigenvalue weighted by molar-refractivity contribution is -0.113. The third kappa shape index (κ3) is 3.51. The Bertz CT molecular complexity index is 776. The van der Waals surface area contributed by atoms with Gasteiger partial charge in [-0.3, -0.25) is 4.79 Å². The second kappa shape index (κ2) is 6.54. The number of rotatable bonds is 4. The predicted molar refractivity (Wildman–Crippen MR) is 87.7 cm³/mol. The van der Waals surface area contributed by atoms with Crippen molar-refractivity contribution < 1.29 is 4.79 Å². The number of aryl methyl sites for hydroxylation is 1. The second-order valence-electron chi connectivity index (χ2n) is 5.00. The van der Waals surface area contributed by atoms with E-state index in [0.717, 1.165) is 30.5 Å². The zero-order valence-electron chi connectivity index (χ0n) is 11.7. The molecule has 0 unspecified atom stereocenters. The van der Waals surface area contributed by atoms with Gasteiger partial charge in [0.25, 0.3) is 0 Å². The summed E-state index contributed by atoms with van der Waals surface area (Å²) >= 11 is 7.17. The van der Waals surface area contributed by atoms with E-state index in [0.29, 0.717) is 15.7 Å². The van der Waals surface area contributed by atoms with Crippen molar-refractivity contribution in [2.24, 2.45) is 0 Å². The van der Waals surface area contributed by atoms with E-state index < -0.39 is 0 Å². The Balaban J connectivity index is 1.66. The minimum absolute atomic E-state index is 0.152. The smallest absolute Gasteiger partial charge is 0.325 e. The van der Waals surface area contributed by atoms with E-state index in [1.807, 2.05) is 0 Å². The molecule has 3 rings (SSSR count). The molecule has 0 atom stereocenters. The number of benzene rings is 1. The van der Waals surface area contributed by atoms with Gasteiger partial charge in [0.1, 0.15) is 5.03 Å². The van der Waals surface area contributed by atoms with Gasteiger partial charge in [0, 0.05) is 22.0 Å². The number of hydrogen-bond acceptors (Lipinski definition) is 4. The highest BCUT2D eigenvalue weighted by Gasteiger charge is 2.18. The summed E-state index contributed by atoms with van der Waals surface area (Å²) in [6.07, 6.45) is 2.78. The van der Waals surface area contributed by atoms with Gasteiger partial charge in [0.05, 0.1) is 5.75 Å². The lowest BCUT2D eigenvalue weighted by Gasteiger charge is -2.07. The highest BCUT2D eigenvalue weighted by Crippen LogP contribution is 2.27. The van der Waals surface area contributed by atoms with Gasteiger partial charge in [-0.1, -0.05) is 29.4 Å². The lowest BCUT2D eigenvalue weighted by Crippen LogP contribution is -2.17. The Labute approximate surface area is 136 Å². The third-order valence-corrected chi connectivity index (χ3v) is 4.64. The number of aromatic nitrogens is 2. The number of fused-ring (bicyclic) bond motifs is 1. The molecule has 0 radical (unpaired) electrons. The topological polar surface area (TPSA) is 74.8 Å². The predicted octanol–water partition coefficient (Wildman–Crippen LogP) is 2.64. The van der Waals surface area contributed by atoms with Crippen molar-refractivity contribution in [1.29, 1.82) is 0 Å². The van der Waals surface area contributed by atoms with Gasteiger partial charge < -0.3 is 10.3 Å². The number of nitrogens with zero attached hydrogens (tertiary/aromatic N) is 1. The zero-order valence-corrected chi connectivity index (χ0v) is 13.3. The van der Waals surface area contributed by atoms with Crippen LogP contribution >= 0.6 is 23.4 Å². The number of carbonyl (C=O) groups excluding carboxylic acids is 1. The van der Waals surface area contributed by atoms with E-state index >= 15 is 0 Å². The average molecular weight is 336 g/mol. The van der Waals surface area contributed by atoms with Crippen LogP contribution in [0.1, 0.15) is 17.7 Å². The van der Waals surface area contributed by atoms with Crippen LogP contribution in [0, 0.1) is 0 Å². The number of aromatic amines is 1. The lowest BCUT2D eigenvalue weighted by atomic mass is 10.3. The fourth-order valence-corrected chi connectivity index (χ4v) is 3.53. The maximum Gasteiger partial charge on any atom is 0.346 e. The molecule has 0 aliphatic heterocycles. The Morgan fingerprint density at radius 3 is 3.09 bits per heavy atom. The fourth-order valence-electron chi connectivity index (χ4n) is 2.45. The number of carbonyl (C=O) groups is 1. The summed E-state index contributed by atoms with van der Waals surface area (Å²) in [6, 6.07) is 6.98. The molecule has 1 amide bonds. The maximum absolute atomic E-state index is 12.0. The SMILES string of the molecule is O=C(CSc1nc(=O)[nH]c2c1CCC2)Nc1cccc(Cl)c1. The van der Waals surface area contributed by atoms with Gasteiger partial charge in [-0.05, 0) is 37.5 Å². The standard InChI is InChI=1S/C15H14ClN3O2S/c16-9-3-1-4-10(7-9)17-13(20)8-22-14-11-5-2-6-12(11)18-15(21)19-14/h1,3-4,7H,2,5-6,8H2,(H,17,20)(H,18,19,21). The van der Waals surface area contributed by atoms with Gasteiger partial charge >= 0.3 is 5.69 Å². The molecule has 0 saturated carbocycles. The minimum atomic E-state index is -0.349. The van der Waals surface area contributed by atoms with Crippen LogP contribution < -0.4 is 11.0 Å². The number of H-pyrrole nitrogens is 1. The summed E-state index contributed by atoms with van der Waals surface area (Å²) in [4.78, 5) is 30.3. The van der Waals surface area contributed by atoms with Crippen LogP contribution in [0.5, 0.6) is 0 Å². The quantitative estimate of drug-likeness (QED) is 0.665. The van der Waals surface area contributed by atoms with Crippen molar-refractivity contribution in [2.75, 3.05) is 11.1 Å². The number of nitrogens with one attached hydrogen (secondary N) is 2. The van der Waals surface area contributed by atoms with Crippen molar-refractivity contribution in [1.82, 2.24) is 9.97 Å². The van der Waals surface area contributed by atoms with Crippen molar-refractivity contribution in [2.45, 2.75) is 24.3 Å². The normalized spacial score (nSPS) is 13.0. The molecule has 2 aromatic rings. The van der Waals surface area contributed by atoms with Gasteiger partial charge in [-0.25, -0.2) is 4.79 Å². The Kier molecular flexibility index (Phi) is 4.49. The maximum atomic E-state index is 12.0. The molecule has 22 heavy (non-hydrogen) atoms. The summed E-state index contributed by atoms with van der Waals surface area (Å²) in [6.45, 7) is 0. The number of anilines is 1. The van der Waals surface area contributed by atoms with Crippen LogP contribution in [0.3, 0.4) is 0 Å². The van der Waals surface area contributed by atoms with Crippen LogP contribution in [0.2, 0.25) is 5.02 Å². The molecule has 1 aliphatic carbocycles. The first-order chi connectivity index (χ1) is 10.6. The van der Waals surface area contributed by atoms with Crippen LogP contribution in [-0.2, 0) is 17.6 Å². The first-order valence-electron chi connectivity index (χ1n) is 6.92. The summed E-state index contributed by atoms with van der Waals surface area (Å²) in [5, 5.41) is 4.01. The van der Waals surface area contributed by atoms with Crippen LogP contribution in [0.4, 0.5) is 5.69 Å². The zero-order chi connectivity index (χ0) is 15.5. The van der Waals surface area contributed by atoms with E-state index in [1.54, 1.807) is 24.3 Å². The molecule has 1 aliphatic rings. The van der Waals surface area contributed by atoms with E-state index in [1.165, 1.54) is 11.8 Å². The van der Waals surface area contributed by atoms with E-state index in [-0.39, 0.29) is 17.3 Å². The van der Waals surface area contributed by atoms with Gasteiger partial charge in [-0.15, -0.1) is 0 Å². The molecular formula is C15H14ClN3O2S. The minimum Gasteiger partial charge on any atom is -0.325 e. The highest BCUT2D eigenvalue weighted by atomic mass is 35.5. The molecule has 1 aromatic heterocycles. The Morgan fingerprint density at radius 2 is 2.27 bits per heavy atom.